The molecule has 0 fully saturated rings. The summed E-state index contributed by atoms with van der Waals surface area (Å²) in [6.07, 6.45) is 3.56. The number of hydrogen-bond acceptors (Lipinski definition) is 1. The molecule has 0 aliphatic heterocycles. The molecule has 0 radical (unpaired) electrons. The third kappa shape index (κ3) is 1.60. The summed E-state index contributed by atoms with van der Waals surface area (Å²) in [5.41, 5.74) is 1.15. The van der Waals surface area contributed by atoms with E-state index in [0.717, 1.165) is 11.1 Å². The van der Waals surface area contributed by atoms with E-state index in [0.29, 0.717) is 15.1 Å². The van der Waals surface area contributed by atoms with Gasteiger partial charge in [-0.25, -0.2) is 0 Å². The summed E-state index contributed by atoms with van der Waals surface area (Å²) < 4.78 is 0. The van der Waals surface area contributed by atoms with E-state index in [1.54, 1.807) is 0 Å². The summed E-state index contributed by atoms with van der Waals surface area (Å²) in [5.74, 6) is 0.0832. The molecule has 4 atom stereocenters. The summed E-state index contributed by atoms with van der Waals surface area (Å²) in [4.78, 5) is 0. The van der Waals surface area contributed by atoms with Crippen molar-refractivity contribution in [2.24, 2.45) is 5.92 Å². The Bertz CT molecular complexity index is 610. The van der Waals surface area contributed by atoms with E-state index in [-0.39, 0.29) is 16.9 Å². The molecule has 0 aromatic heterocycles. The van der Waals surface area contributed by atoms with Crippen molar-refractivity contribution in [1.82, 2.24) is 0 Å². The number of aliphatic hydroxyl groups is 1. The molecule has 3 unspecified atom stereocenters. The topological polar surface area (TPSA) is 20.2 Å². The van der Waals surface area contributed by atoms with Crippen LogP contribution in [0.4, 0.5) is 0 Å². The zero-order valence-electron chi connectivity index (χ0n) is 10.3. The van der Waals surface area contributed by atoms with Crippen LogP contribution in [0, 0.1) is 5.92 Å². The van der Waals surface area contributed by atoms with Crippen molar-refractivity contribution in [2.45, 2.75) is 31.3 Å². The molecule has 102 valence electrons. The van der Waals surface area contributed by atoms with Crippen molar-refractivity contribution in [2.75, 3.05) is 0 Å². The van der Waals surface area contributed by atoms with Crippen molar-refractivity contribution in [3.05, 3.63) is 43.4 Å². The number of fused-ring (bicyclic) bond motifs is 1. The van der Waals surface area contributed by atoms with Gasteiger partial charge in [0.25, 0.3) is 0 Å². The van der Waals surface area contributed by atoms with Crippen molar-refractivity contribution in [3.63, 3.8) is 0 Å². The number of halogens is 4. The lowest BCUT2D eigenvalue weighted by molar-refractivity contribution is 0.0384. The van der Waals surface area contributed by atoms with Crippen LogP contribution < -0.4 is 0 Å². The van der Waals surface area contributed by atoms with Crippen molar-refractivity contribution in [1.29, 1.82) is 0 Å². The quantitative estimate of drug-likeness (QED) is 0.391. The first kappa shape index (κ1) is 14.0. The minimum Gasteiger partial charge on any atom is -0.392 e. The van der Waals surface area contributed by atoms with Crippen molar-refractivity contribution < 1.29 is 5.11 Å². The minimum atomic E-state index is -0.571. The fourth-order valence-corrected chi connectivity index (χ4v) is 4.60. The van der Waals surface area contributed by atoms with Gasteiger partial charge in [0, 0.05) is 11.3 Å². The molecule has 4 rings (SSSR count). The molecule has 1 N–H and O–H groups in total. The maximum absolute atomic E-state index is 10.5. The van der Waals surface area contributed by atoms with Crippen LogP contribution in [0.25, 0.3) is 0 Å². The summed E-state index contributed by atoms with van der Waals surface area (Å²) in [7, 11) is 0. The predicted molar refractivity (Wildman–Crippen MR) is 80.9 cm³/mol. The lowest BCUT2D eigenvalue weighted by Gasteiger charge is -2.50. The maximum Gasteiger partial charge on any atom is 0.0797 e. The molecule has 3 aliphatic rings. The molecule has 0 spiro atoms. The van der Waals surface area contributed by atoms with Crippen molar-refractivity contribution >= 4 is 46.4 Å². The second kappa shape index (κ2) is 4.29. The molecule has 1 aromatic carbocycles. The van der Waals surface area contributed by atoms with Gasteiger partial charge >= 0.3 is 0 Å². The summed E-state index contributed by atoms with van der Waals surface area (Å²) in [6, 6.07) is 0. The monoisotopic (exact) mass is 336 g/mol. The zero-order chi connectivity index (χ0) is 14.1. The first-order chi connectivity index (χ1) is 8.80. The Morgan fingerprint density at radius 1 is 1.05 bits per heavy atom. The predicted octanol–water partition coefficient (Wildman–Crippen LogP) is 5.22. The van der Waals surface area contributed by atoms with Gasteiger partial charge in [-0.3, -0.25) is 0 Å². The molecule has 19 heavy (non-hydrogen) atoms. The van der Waals surface area contributed by atoms with Crippen molar-refractivity contribution in [3.8, 4) is 0 Å². The third-order valence-corrected chi connectivity index (χ3v) is 6.32. The highest BCUT2D eigenvalue weighted by molar-refractivity contribution is 6.52. The van der Waals surface area contributed by atoms with Crippen LogP contribution in [0.2, 0.25) is 20.1 Å². The Morgan fingerprint density at radius 2 is 1.63 bits per heavy atom. The molecule has 0 heterocycles. The smallest absolute Gasteiger partial charge is 0.0797 e. The van der Waals surface area contributed by atoms with E-state index < -0.39 is 11.5 Å². The van der Waals surface area contributed by atoms with Crippen LogP contribution in [-0.4, -0.2) is 11.2 Å². The normalized spacial score (nSPS) is 35.6. The largest absolute Gasteiger partial charge is 0.392 e. The molecule has 1 nitrogen and oxygen atoms in total. The van der Waals surface area contributed by atoms with Gasteiger partial charge in [-0.1, -0.05) is 65.5 Å². The van der Waals surface area contributed by atoms with Gasteiger partial charge in [0.15, 0.2) is 0 Å². The van der Waals surface area contributed by atoms with E-state index in [9.17, 15) is 5.11 Å². The zero-order valence-corrected chi connectivity index (χ0v) is 13.4. The molecular weight excluding hydrogens is 326 g/mol. The van der Waals surface area contributed by atoms with Gasteiger partial charge in [-0.2, -0.15) is 0 Å². The van der Waals surface area contributed by atoms with Crippen LogP contribution in [0.15, 0.2) is 12.2 Å². The second-order valence-corrected chi connectivity index (χ2v) is 7.03. The summed E-state index contributed by atoms with van der Waals surface area (Å²) >= 11 is 25.0. The highest BCUT2D eigenvalue weighted by Gasteiger charge is 2.51. The first-order valence-electron chi connectivity index (χ1n) is 6.04. The van der Waals surface area contributed by atoms with Gasteiger partial charge in [-0.05, 0) is 24.0 Å². The van der Waals surface area contributed by atoms with Crippen LogP contribution in [-0.2, 0) is 5.41 Å². The second-order valence-electron chi connectivity index (χ2n) is 5.52. The standard InChI is InChI=1S/C14H12Cl4O/c1-5-6-3-4-14(2,13(5)19)8-7(6)9(15)11(17)12(18)10(8)16/h3-6,13,19H,1-2H3/t5?,6?,13-,14?/m0/s1. The molecule has 0 saturated heterocycles. The van der Waals surface area contributed by atoms with Gasteiger partial charge < -0.3 is 5.11 Å². The SMILES string of the molecule is CC1C2C=CC(C)(c3c(Cl)c(Cl)c(Cl)c(Cl)c32)[C@H]1O. The minimum absolute atomic E-state index is 0.0200. The number of rotatable bonds is 0. The molecule has 0 saturated carbocycles. The third-order valence-electron chi connectivity index (χ3n) is 4.50. The summed E-state index contributed by atoms with van der Waals surface area (Å²) in [6.45, 7) is 3.96. The van der Waals surface area contributed by atoms with E-state index in [1.165, 1.54) is 0 Å². The Labute approximate surface area is 132 Å². The Hall–Kier alpha value is 0.0800. The molecule has 3 aliphatic carbocycles. The van der Waals surface area contributed by atoms with E-state index >= 15 is 0 Å². The molecule has 0 amide bonds. The highest BCUT2D eigenvalue weighted by Crippen LogP contribution is 2.58. The van der Waals surface area contributed by atoms with E-state index in [4.69, 9.17) is 46.4 Å². The van der Waals surface area contributed by atoms with Gasteiger partial charge in [-0.15, -0.1) is 0 Å². The first-order valence-corrected chi connectivity index (χ1v) is 7.55. The lowest BCUT2D eigenvalue weighted by atomic mass is 9.57. The van der Waals surface area contributed by atoms with Gasteiger partial charge in [0.2, 0.25) is 0 Å². The lowest BCUT2D eigenvalue weighted by Crippen LogP contribution is -2.49. The molecular formula is C14H12Cl4O. The number of aliphatic hydroxyl groups excluding tert-OH is 1. The highest BCUT2D eigenvalue weighted by atomic mass is 35.5. The molecule has 1 aromatic rings. The Morgan fingerprint density at radius 3 is 2.26 bits per heavy atom. The number of benzene rings is 1. The molecule has 2 bridgehead atoms. The van der Waals surface area contributed by atoms with Crippen LogP contribution >= 0.6 is 46.4 Å². The fourth-order valence-electron chi connectivity index (χ4n) is 3.40. The maximum atomic E-state index is 10.5. The number of allylic oxidation sites excluding steroid dienone is 1. The summed E-state index contributed by atoms with van der Waals surface area (Å²) in [5, 5.41) is 11.9. The fraction of sp³-hybridized carbons (Fsp3) is 0.429. The van der Waals surface area contributed by atoms with Gasteiger partial charge in [0.05, 0.1) is 26.2 Å². The van der Waals surface area contributed by atoms with E-state index in [2.05, 4.69) is 6.08 Å². The van der Waals surface area contributed by atoms with Crippen LogP contribution in [0.1, 0.15) is 30.9 Å². The van der Waals surface area contributed by atoms with E-state index in [1.807, 2.05) is 19.9 Å². The van der Waals surface area contributed by atoms with Crippen LogP contribution in [0.3, 0.4) is 0 Å². The molecule has 5 heteroatoms. The Balaban J connectivity index is 2.44. The average molecular weight is 338 g/mol. The average Bonchev–Trinajstić information content (AvgIpc) is 2.39. The van der Waals surface area contributed by atoms with Crippen LogP contribution in [0.5, 0.6) is 0 Å². The Kier molecular flexibility index (Phi) is 3.17. The van der Waals surface area contributed by atoms with Gasteiger partial charge in [0.1, 0.15) is 0 Å². The number of hydrogen-bond donors (Lipinski definition) is 1.